The van der Waals surface area contributed by atoms with Crippen molar-refractivity contribution in [2.45, 2.75) is 51.5 Å². The second-order valence-electron chi connectivity index (χ2n) is 8.10. The van der Waals surface area contributed by atoms with Crippen LogP contribution >= 0.6 is 11.3 Å². The van der Waals surface area contributed by atoms with E-state index in [9.17, 15) is 30.2 Å². The highest BCUT2D eigenvalue weighted by molar-refractivity contribution is 7.17. The van der Waals surface area contributed by atoms with E-state index in [0.717, 1.165) is 11.3 Å². The summed E-state index contributed by atoms with van der Waals surface area (Å²) in [4.78, 5) is 28.3. The number of ether oxygens (including phenoxy) is 3. The summed E-state index contributed by atoms with van der Waals surface area (Å²) < 4.78 is 15.7. The molecule has 11 nitrogen and oxygen atoms in total. The SMILES string of the molecule is Cc1nc(-c2ccc(OCC(C)C)c(C#N)c2)sc1C(=O)OC1O[C@H](C(=O)O)[C@@H](O)[C@H](O)[C@H]1O. The fourth-order valence-corrected chi connectivity index (χ4v) is 4.10. The van der Waals surface area contributed by atoms with Gasteiger partial charge in [-0.05, 0) is 31.0 Å². The number of nitriles is 1. The van der Waals surface area contributed by atoms with Crippen LogP contribution in [0.3, 0.4) is 0 Å². The molecule has 1 unspecified atom stereocenters. The number of hydrogen-bond donors (Lipinski definition) is 4. The highest BCUT2D eigenvalue weighted by Gasteiger charge is 2.48. The number of aryl methyl sites for hydroxylation is 1. The number of thiazole rings is 1. The van der Waals surface area contributed by atoms with Gasteiger partial charge in [0.25, 0.3) is 0 Å². The zero-order chi connectivity index (χ0) is 25.2. The highest BCUT2D eigenvalue weighted by atomic mass is 32.1. The average Bonchev–Trinajstić information content (AvgIpc) is 3.19. The zero-order valence-corrected chi connectivity index (χ0v) is 19.4. The molecule has 1 aliphatic rings. The molecule has 2 heterocycles. The van der Waals surface area contributed by atoms with Gasteiger partial charge < -0.3 is 34.6 Å². The number of benzene rings is 1. The molecule has 34 heavy (non-hydrogen) atoms. The number of aliphatic carboxylic acids is 1. The van der Waals surface area contributed by atoms with Crippen molar-refractivity contribution < 1.29 is 44.2 Å². The van der Waals surface area contributed by atoms with Crippen molar-refractivity contribution >= 4 is 23.3 Å². The number of carboxylic acids is 1. The molecule has 182 valence electrons. The van der Waals surface area contributed by atoms with E-state index < -0.39 is 42.6 Å². The maximum atomic E-state index is 12.7. The van der Waals surface area contributed by atoms with Gasteiger partial charge in [-0.1, -0.05) is 13.8 Å². The number of aliphatic hydroxyl groups is 3. The number of aromatic nitrogens is 1. The van der Waals surface area contributed by atoms with E-state index in [1.165, 1.54) is 0 Å². The average molecular weight is 493 g/mol. The maximum absolute atomic E-state index is 12.7. The van der Waals surface area contributed by atoms with Crippen LogP contribution in [0.5, 0.6) is 5.75 Å². The number of rotatable bonds is 7. The van der Waals surface area contributed by atoms with Gasteiger partial charge in [0.05, 0.1) is 17.9 Å². The molecule has 1 aromatic heterocycles. The van der Waals surface area contributed by atoms with Crippen molar-refractivity contribution in [1.82, 2.24) is 4.98 Å². The van der Waals surface area contributed by atoms with E-state index in [0.29, 0.717) is 34.2 Å². The molecule has 0 bridgehead atoms. The van der Waals surface area contributed by atoms with Crippen molar-refractivity contribution in [1.29, 1.82) is 5.26 Å². The summed E-state index contributed by atoms with van der Waals surface area (Å²) in [5.74, 6) is -1.84. The fourth-order valence-electron chi connectivity index (χ4n) is 3.15. The minimum Gasteiger partial charge on any atom is -0.492 e. The van der Waals surface area contributed by atoms with Gasteiger partial charge in [0.1, 0.15) is 40.0 Å². The molecule has 1 aliphatic heterocycles. The maximum Gasteiger partial charge on any atom is 0.352 e. The van der Waals surface area contributed by atoms with Crippen LogP contribution in [0, 0.1) is 24.2 Å². The number of nitrogens with zero attached hydrogens (tertiary/aromatic N) is 2. The monoisotopic (exact) mass is 492 g/mol. The lowest BCUT2D eigenvalue weighted by Gasteiger charge is -2.37. The second-order valence-corrected chi connectivity index (χ2v) is 9.10. The van der Waals surface area contributed by atoms with Gasteiger partial charge in [-0.15, -0.1) is 11.3 Å². The number of carbonyl (C=O) groups excluding carboxylic acids is 1. The Bertz CT molecular complexity index is 1110. The molecule has 0 spiro atoms. The molecule has 12 heteroatoms. The van der Waals surface area contributed by atoms with Crippen molar-refractivity contribution in [2.24, 2.45) is 5.92 Å². The largest absolute Gasteiger partial charge is 0.492 e. The van der Waals surface area contributed by atoms with Gasteiger partial charge in [0, 0.05) is 5.56 Å². The lowest BCUT2D eigenvalue weighted by molar-refractivity contribution is -0.278. The van der Waals surface area contributed by atoms with Crippen LogP contribution < -0.4 is 4.74 Å². The van der Waals surface area contributed by atoms with Crippen LogP contribution in [0.1, 0.15) is 34.8 Å². The Morgan fingerprint density at radius 3 is 2.56 bits per heavy atom. The first-order valence-corrected chi connectivity index (χ1v) is 11.1. The molecule has 3 rings (SSSR count). The van der Waals surface area contributed by atoms with E-state index in [2.05, 4.69) is 11.1 Å². The summed E-state index contributed by atoms with van der Waals surface area (Å²) in [5, 5.41) is 48.7. The molecule has 1 saturated heterocycles. The second kappa shape index (κ2) is 10.5. The quantitative estimate of drug-likeness (QED) is 0.406. The minimum absolute atomic E-state index is 0.0527. The van der Waals surface area contributed by atoms with Gasteiger partial charge in [-0.25, -0.2) is 14.6 Å². The molecule has 2 aromatic rings. The third kappa shape index (κ3) is 5.35. The smallest absolute Gasteiger partial charge is 0.352 e. The first kappa shape index (κ1) is 25.5. The van der Waals surface area contributed by atoms with E-state index in [-0.39, 0.29) is 10.8 Å². The Labute approximate surface area is 198 Å². The number of aliphatic hydroxyl groups excluding tert-OH is 3. The summed E-state index contributed by atoms with van der Waals surface area (Å²) >= 11 is 0.961. The Balaban J connectivity index is 1.80. The molecule has 5 atom stereocenters. The van der Waals surface area contributed by atoms with Gasteiger partial charge in [-0.2, -0.15) is 5.26 Å². The molecule has 0 saturated carbocycles. The van der Waals surface area contributed by atoms with Gasteiger partial charge in [0.2, 0.25) is 6.29 Å². The molecular formula is C22H24N2O9S. The first-order valence-electron chi connectivity index (χ1n) is 10.3. The molecule has 0 aliphatic carbocycles. The summed E-state index contributed by atoms with van der Waals surface area (Å²) in [6.07, 6.45) is -9.37. The van der Waals surface area contributed by atoms with Gasteiger partial charge in [-0.3, -0.25) is 0 Å². The summed E-state index contributed by atoms with van der Waals surface area (Å²) in [6, 6.07) is 7.02. The Hall–Kier alpha value is -3.08. The lowest BCUT2D eigenvalue weighted by atomic mass is 9.99. The van der Waals surface area contributed by atoms with Crippen LogP contribution in [0.2, 0.25) is 0 Å². The van der Waals surface area contributed by atoms with Crippen molar-refractivity contribution in [2.75, 3.05) is 6.61 Å². The number of carbonyl (C=O) groups is 2. The third-order valence-corrected chi connectivity index (χ3v) is 6.12. The van der Waals surface area contributed by atoms with Crippen molar-refractivity contribution in [3.8, 4) is 22.4 Å². The van der Waals surface area contributed by atoms with Gasteiger partial charge >= 0.3 is 11.9 Å². The third-order valence-electron chi connectivity index (χ3n) is 4.94. The summed E-state index contributed by atoms with van der Waals surface area (Å²) in [7, 11) is 0. The van der Waals surface area contributed by atoms with Crippen molar-refractivity contribution in [3.63, 3.8) is 0 Å². The lowest BCUT2D eigenvalue weighted by Crippen LogP contribution is -2.60. The minimum atomic E-state index is -1.90. The van der Waals surface area contributed by atoms with E-state index >= 15 is 0 Å². The molecule has 1 aromatic carbocycles. The number of esters is 1. The zero-order valence-electron chi connectivity index (χ0n) is 18.5. The number of hydrogen-bond acceptors (Lipinski definition) is 11. The predicted octanol–water partition coefficient (Wildman–Crippen LogP) is 1.07. The molecule has 0 radical (unpaired) electrons. The fraction of sp³-hybridized carbons (Fsp3) is 0.455. The van der Waals surface area contributed by atoms with Crippen LogP contribution in [-0.2, 0) is 14.3 Å². The molecule has 4 N–H and O–H groups in total. The van der Waals surface area contributed by atoms with E-state index in [4.69, 9.17) is 19.3 Å². The summed E-state index contributed by atoms with van der Waals surface area (Å²) in [6.45, 7) is 5.98. The van der Waals surface area contributed by atoms with Crippen molar-refractivity contribution in [3.05, 3.63) is 34.3 Å². The first-order chi connectivity index (χ1) is 16.0. The standard InChI is InChI=1S/C22H24N2O9S/c1-9(2)8-31-13-5-4-11(6-12(13)7-23)19-24-10(3)18(34-19)21(30)33-22-16(27)14(25)15(26)17(32-22)20(28)29/h4-6,9,14-17,22,25-27H,8H2,1-3H3,(H,28,29)/t14-,15-,16+,17-,22?/m0/s1. The topological polar surface area (TPSA) is 179 Å². The highest BCUT2D eigenvalue weighted by Crippen LogP contribution is 2.32. The van der Waals surface area contributed by atoms with Gasteiger partial charge in [0.15, 0.2) is 6.10 Å². The molecular weight excluding hydrogens is 468 g/mol. The Morgan fingerprint density at radius 1 is 1.24 bits per heavy atom. The van der Waals surface area contributed by atoms with Crippen LogP contribution in [0.15, 0.2) is 18.2 Å². The molecule has 0 amide bonds. The normalized spacial score (nSPS) is 24.5. The Kier molecular flexibility index (Phi) is 7.86. The Morgan fingerprint density at radius 2 is 1.94 bits per heavy atom. The van der Waals surface area contributed by atoms with Crippen LogP contribution in [0.4, 0.5) is 0 Å². The van der Waals surface area contributed by atoms with Crippen LogP contribution in [0.25, 0.3) is 10.6 Å². The van der Waals surface area contributed by atoms with E-state index in [1.807, 2.05) is 13.8 Å². The molecule has 1 fully saturated rings. The van der Waals surface area contributed by atoms with Crippen LogP contribution in [-0.4, -0.2) is 74.7 Å². The summed E-state index contributed by atoms with van der Waals surface area (Å²) in [5.41, 5.74) is 1.17. The van der Waals surface area contributed by atoms with E-state index in [1.54, 1.807) is 25.1 Å². The predicted molar refractivity (Wildman–Crippen MR) is 117 cm³/mol. The number of carboxylic acid groups (broad SMARTS) is 1.